The molecule has 0 aliphatic rings. The van der Waals surface area contributed by atoms with Gasteiger partial charge in [0.1, 0.15) is 0 Å². The summed E-state index contributed by atoms with van der Waals surface area (Å²) in [4.78, 5) is 25.6. The van der Waals surface area contributed by atoms with Crippen molar-refractivity contribution >= 4 is 52.3 Å². The number of carbonyl (C=O) groups is 2. The average Bonchev–Trinajstić information content (AvgIpc) is 2.51. The Kier molecular flexibility index (Phi) is 5.88. The standard InChI is InChI=1S/C16H13Cl3N2O2/c1-21(16(23)11-8-10(17)6-7-12(11)18)9-15(22)20-14-5-3-2-4-13(14)19/h2-8H,9H2,1H3,(H,20,22). The number of anilines is 1. The number of nitrogens with zero attached hydrogens (tertiary/aromatic N) is 1. The summed E-state index contributed by atoms with van der Waals surface area (Å²) in [6.45, 7) is -0.146. The van der Waals surface area contributed by atoms with E-state index in [4.69, 9.17) is 34.8 Å². The Hall–Kier alpha value is -1.75. The van der Waals surface area contributed by atoms with E-state index in [9.17, 15) is 9.59 Å². The summed E-state index contributed by atoms with van der Waals surface area (Å²) < 4.78 is 0. The number of halogens is 3. The van der Waals surface area contributed by atoms with Crippen LogP contribution in [0.3, 0.4) is 0 Å². The van der Waals surface area contributed by atoms with Gasteiger partial charge in [-0.05, 0) is 30.3 Å². The van der Waals surface area contributed by atoms with Crippen LogP contribution in [0.2, 0.25) is 15.1 Å². The van der Waals surface area contributed by atoms with Crippen molar-refractivity contribution in [3.63, 3.8) is 0 Å². The van der Waals surface area contributed by atoms with Crippen molar-refractivity contribution in [2.24, 2.45) is 0 Å². The lowest BCUT2D eigenvalue weighted by Crippen LogP contribution is -2.35. The lowest BCUT2D eigenvalue weighted by atomic mass is 10.2. The molecule has 0 aliphatic heterocycles. The summed E-state index contributed by atoms with van der Waals surface area (Å²) in [6, 6.07) is 11.4. The highest BCUT2D eigenvalue weighted by Crippen LogP contribution is 2.22. The van der Waals surface area contributed by atoms with Crippen molar-refractivity contribution in [3.05, 3.63) is 63.1 Å². The zero-order valence-electron chi connectivity index (χ0n) is 12.1. The van der Waals surface area contributed by atoms with Crippen molar-refractivity contribution in [1.82, 2.24) is 4.90 Å². The Morgan fingerprint density at radius 3 is 2.43 bits per heavy atom. The monoisotopic (exact) mass is 370 g/mol. The molecule has 4 nitrogen and oxygen atoms in total. The first-order valence-corrected chi connectivity index (χ1v) is 7.77. The highest BCUT2D eigenvalue weighted by atomic mass is 35.5. The molecular weight excluding hydrogens is 359 g/mol. The van der Waals surface area contributed by atoms with E-state index in [2.05, 4.69) is 5.32 Å². The van der Waals surface area contributed by atoms with Gasteiger partial charge < -0.3 is 10.2 Å². The maximum atomic E-state index is 12.3. The van der Waals surface area contributed by atoms with E-state index in [0.717, 1.165) is 0 Å². The van der Waals surface area contributed by atoms with Gasteiger partial charge >= 0.3 is 0 Å². The van der Waals surface area contributed by atoms with E-state index in [1.54, 1.807) is 30.3 Å². The van der Waals surface area contributed by atoms with Crippen LogP contribution in [0, 0.1) is 0 Å². The van der Waals surface area contributed by atoms with E-state index in [-0.39, 0.29) is 23.0 Å². The van der Waals surface area contributed by atoms with E-state index in [0.29, 0.717) is 15.7 Å². The summed E-state index contributed by atoms with van der Waals surface area (Å²) in [5, 5.41) is 3.74. The van der Waals surface area contributed by atoms with Gasteiger partial charge in [0.15, 0.2) is 0 Å². The van der Waals surface area contributed by atoms with Gasteiger partial charge in [0, 0.05) is 12.1 Å². The third kappa shape index (κ3) is 4.61. The van der Waals surface area contributed by atoms with E-state index >= 15 is 0 Å². The van der Waals surface area contributed by atoms with Crippen LogP contribution >= 0.6 is 34.8 Å². The number of hydrogen-bond donors (Lipinski definition) is 1. The molecule has 2 aromatic carbocycles. The Morgan fingerprint density at radius 2 is 1.74 bits per heavy atom. The zero-order chi connectivity index (χ0) is 17.0. The first-order valence-electron chi connectivity index (χ1n) is 6.63. The van der Waals surface area contributed by atoms with Gasteiger partial charge in [0.2, 0.25) is 5.91 Å². The van der Waals surface area contributed by atoms with E-state index in [1.807, 2.05) is 0 Å². The number of likely N-dealkylation sites (N-methyl/N-ethyl adjacent to an activating group) is 1. The maximum absolute atomic E-state index is 12.3. The fourth-order valence-corrected chi connectivity index (χ4v) is 2.46. The number of benzene rings is 2. The molecule has 2 aromatic rings. The van der Waals surface area contributed by atoms with Crippen LogP contribution in [-0.2, 0) is 4.79 Å². The SMILES string of the molecule is CN(CC(=O)Nc1ccccc1Cl)C(=O)c1cc(Cl)ccc1Cl. The molecule has 7 heteroatoms. The van der Waals surface area contributed by atoms with Gasteiger partial charge in [0.25, 0.3) is 5.91 Å². The van der Waals surface area contributed by atoms with Crippen molar-refractivity contribution in [2.75, 3.05) is 18.9 Å². The topological polar surface area (TPSA) is 49.4 Å². The number of carbonyl (C=O) groups excluding carboxylic acids is 2. The van der Waals surface area contributed by atoms with Crippen molar-refractivity contribution in [2.45, 2.75) is 0 Å². The van der Waals surface area contributed by atoms with Crippen LogP contribution in [-0.4, -0.2) is 30.3 Å². The second kappa shape index (κ2) is 7.68. The molecule has 0 heterocycles. The molecule has 0 radical (unpaired) electrons. The van der Waals surface area contributed by atoms with Crippen LogP contribution in [0.5, 0.6) is 0 Å². The Bertz CT molecular complexity index is 750. The maximum Gasteiger partial charge on any atom is 0.255 e. The van der Waals surface area contributed by atoms with Gasteiger partial charge in [0.05, 0.1) is 27.8 Å². The fraction of sp³-hybridized carbons (Fsp3) is 0.125. The molecule has 2 rings (SSSR count). The Morgan fingerprint density at radius 1 is 1.04 bits per heavy atom. The minimum Gasteiger partial charge on any atom is -0.332 e. The van der Waals surface area contributed by atoms with E-state index < -0.39 is 5.91 Å². The van der Waals surface area contributed by atoms with Gasteiger partial charge in [-0.25, -0.2) is 0 Å². The van der Waals surface area contributed by atoms with Crippen LogP contribution < -0.4 is 5.32 Å². The largest absolute Gasteiger partial charge is 0.332 e. The molecule has 0 spiro atoms. The van der Waals surface area contributed by atoms with Gasteiger partial charge in [-0.15, -0.1) is 0 Å². The summed E-state index contributed by atoms with van der Waals surface area (Å²) in [5.74, 6) is -0.765. The molecule has 0 aliphatic carbocycles. The zero-order valence-corrected chi connectivity index (χ0v) is 14.4. The molecule has 2 amide bonds. The van der Waals surface area contributed by atoms with Crippen molar-refractivity contribution in [1.29, 1.82) is 0 Å². The van der Waals surface area contributed by atoms with E-state index in [1.165, 1.54) is 24.1 Å². The second-order valence-electron chi connectivity index (χ2n) is 4.81. The van der Waals surface area contributed by atoms with Crippen LogP contribution in [0.4, 0.5) is 5.69 Å². The number of amides is 2. The highest BCUT2D eigenvalue weighted by molar-refractivity contribution is 6.36. The highest BCUT2D eigenvalue weighted by Gasteiger charge is 2.18. The molecular formula is C16H13Cl3N2O2. The number of nitrogens with one attached hydrogen (secondary N) is 1. The summed E-state index contributed by atoms with van der Waals surface area (Å²) >= 11 is 17.8. The normalized spacial score (nSPS) is 10.3. The third-order valence-corrected chi connectivity index (χ3v) is 3.93. The van der Waals surface area contributed by atoms with Gasteiger partial charge in [-0.1, -0.05) is 46.9 Å². The number of para-hydroxylation sites is 1. The van der Waals surface area contributed by atoms with Gasteiger partial charge in [-0.3, -0.25) is 9.59 Å². The molecule has 0 saturated heterocycles. The summed E-state index contributed by atoms with van der Waals surface area (Å²) in [6.07, 6.45) is 0. The molecule has 120 valence electrons. The number of hydrogen-bond acceptors (Lipinski definition) is 2. The Labute approximate surface area is 148 Å². The predicted octanol–water partition coefficient (Wildman–Crippen LogP) is 4.36. The third-order valence-electron chi connectivity index (χ3n) is 3.03. The van der Waals surface area contributed by atoms with Crippen LogP contribution in [0.15, 0.2) is 42.5 Å². The van der Waals surface area contributed by atoms with Crippen LogP contribution in [0.1, 0.15) is 10.4 Å². The first-order chi connectivity index (χ1) is 10.9. The molecule has 0 aromatic heterocycles. The quantitative estimate of drug-likeness (QED) is 0.868. The minimum absolute atomic E-state index is 0.146. The summed E-state index contributed by atoms with van der Waals surface area (Å²) in [7, 11) is 1.51. The molecule has 0 saturated carbocycles. The molecule has 0 atom stereocenters. The molecule has 1 N–H and O–H groups in total. The van der Waals surface area contributed by atoms with Gasteiger partial charge in [-0.2, -0.15) is 0 Å². The average molecular weight is 372 g/mol. The lowest BCUT2D eigenvalue weighted by molar-refractivity contribution is -0.116. The van der Waals surface area contributed by atoms with Crippen molar-refractivity contribution in [3.8, 4) is 0 Å². The summed E-state index contributed by atoms with van der Waals surface area (Å²) in [5.41, 5.74) is 0.730. The number of rotatable bonds is 4. The fourth-order valence-electron chi connectivity index (χ4n) is 1.91. The molecule has 0 fully saturated rings. The molecule has 0 unspecified atom stereocenters. The molecule has 0 bridgehead atoms. The molecule has 23 heavy (non-hydrogen) atoms. The first kappa shape index (κ1) is 17.6. The predicted molar refractivity (Wildman–Crippen MR) is 93.5 cm³/mol. The smallest absolute Gasteiger partial charge is 0.255 e. The minimum atomic E-state index is -0.396. The van der Waals surface area contributed by atoms with Crippen molar-refractivity contribution < 1.29 is 9.59 Å². The Balaban J connectivity index is 2.05. The lowest BCUT2D eigenvalue weighted by Gasteiger charge is -2.18. The van der Waals surface area contributed by atoms with Crippen LogP contribution in [0.25, 0.3) is 0 Å². The second-order valence-corrected chi connectivity index (χ2v) is 6.06.